The third kappa shape index (κ3) is 3.30. The minimum absolute atomic E-state index is 0.0483. The number of para-hydroxylation sites is 1. The van der Waals surface area contributed by atoms with Crippen molar-refractivity contribution < 1.29 is 18.3 Å². The monoisotopic (exact) mass is 281 g/mol. The van der Waals surface area contributed by atoms with Gasteiger partial charge in [0.25, 0.3) is 0 Å². The first kappa shape index (κ1) is 14.4. The predicted molar refractivity (Wildman–Crippen MR) is 71.1 cm³/mol. The Hall–Kier alpha value is -2.01. The Balaban J connectivity index is 2.20. The highest BCUT2D eigenvalue weighted by Crippen LogP contribution is 2.32. The number of nitrogens with one attached hydrogen (secondary N) is 1. The number of benzene rings is 2. The van der Waals surface area contributed by atoms with Crippen molar-refractivity contribution in [1.29, 1.82) is 0 Å². The molecule has 0 radical (unpaired) electrons. The summed E-state index contributed by atoms with van der Waals surface area (Å²) in [6, 6.07) is 12.4. The summed E-state index contributed by atoms with van der Waals surface area (Å²) in [4.78, 5) is 0. The fourth-order valence-corrected chi connectivity index (χ4v) is 1.97. The second-order valence-electron chi connectivity index (χ2n) is 4.32. The zero-order valence-electron chi connectivity index (χ0n) is 10.6. The second kappa shape index (κ2) is 5.96. The molecule has 0 aliphatic rings. The molecule has 0 saturated carbocycles. The molecule has 0 aliphatic heterocycles. The van der Waals surface area contributed by atoms with Crippen molar-refractivity contribution in [2.24, 2.45) is 0 Å². The van der Waals surface area contributed by atoms with E-state index in [4.69, 9.17) is 0 Å². The first-order chi connectivity index (χ1) is 9.52. The van der Waals surface area contributed by atoms with Crippen LogP contribution in [0.1, 0.15) is 16.7 Å². The van der Waals surface area contributed by atoms with Gasteiger partial charge in [0.1, 0.15) is 0 Å². The standard InChI is InChI=1S/C15H14F3NO/c16-15(17,18)13-7-3-1-5-11(13)9-19-14-8-4-2-6-12(14)10-20/h1-8,19-20H,9-10H2. The summed E-state index contributed by atoms with van der Waals surface area (Å²) in [6.45, 7) is -0.114. The van der Waals surface area contributed by atoms with Crippen LogP contribution in [0.5, 0.6) is 0 Å². The second-order valence-corrected chi connectivity index (χ2v) is 4.32. The lowest BCUT2D eigenvalue weighted by Crippen LogP contribution is -2.12. The average Bonchev–Trinajstić information content (AvgIpc) is 2.44. The Morgan fingerprint density at radius 1 is 0.900 bits per heavy atom. The van der Waals surface area contributed by atoms with Gasteiger partial charge in [-0.15, -0.1) is 0 Å². The topological polar surface area (TPSA) is 32.3 Å². The maximum Gasteiger partial charge on any atom is 0.416 e. The first-order valence-corrected chi connectivity index (χ1v) is 6.10. The maximum atomic E-state index is 12.9. The van der Waals surface area contributed by atoms with Crippen LogP contribution in [0.25, 0.3) is 0 Å². The van der Waals surface area contributed by atoms with Crippen molar-refractivity contribution in [2.45, 2.75) is 19.3 Å². The lowest BCUT2D eigenvalue weighted by Gasteiger charge is -2.15. The molecule has 106 valence electrons. The molecule has 2 nitrogen and oxygen atoms in total. The smallest absolute Gasteiger partial charge is 0.392 e. The summed E-state index contributed by atoms with van der Waals surface area (Å²) in [6.07, 6.45) is -4.37. The minimum atomic E-state index is -4.37. The average molecular weight is 281 g/mol. The summed E-state index contributed by atoms with van der Waals surface area (Å²) >= 11 is 0. The van der Waals surface area contributed by atoms with Crippen LogP contribution in [0.15, 0.2) is 48.5 Å². The van der Waals surface area contributed by atoms with Crippen LogP contribution in [-0.2, 0) is 19.3 Å². The number of aliphatic hydroxyl groups excluding tert-OH is 1. The number of hydrogen-bond acceptors (Lipinski definition) is 2. The molecule has 5 heteroatoms. The quantitative estimate of drug-likeness (QED) is 0.893. The Labute approximate surface area is 114 Å². The Kier molecular flexibility index (Phi) is 4.29. The molecule has 2 N–H and O–H groups in total. The predicted octanol–water partition coefficient (Wildman–Crippen LogP) is 3.81. The lowest BCUT2D eigenvalue weighted by atomic mass is 10.1. The number of aliphatic hydroxyl groups is 1. The van der Waals surface area contributed by atoms with Crippen molar-refractivity contribution in [3.63, 3.8) is 0 Å². The number of halogens is 3. The molecule has 0 unspecified atom stereocenters. The summed E-state index contributed by atoms with van der Waals surface area (Å²) in [5, 5.41) is 12.1. The van der Waals surface area contributed by atoms with Crippen molar-refractivity contribution in [3.8, 4) is 0 Å². The van der Waals surface area contributed by atoms with Crippen molar-refractivity contribution in [1.82, 2.24) is 0 Å². The Morgan fingerprint density at radius 2 is 1.50 bits per heavy atom. The zero-order valence-corrected chi connectivity index (χ0v) is 10.6. The number of anilines is 1. The first-order valence-electron chi connectivity index (χ1n) is 6.10. The molecule has 2 rings (SSSR count). The van der Waals surface area contributed by atoms with Gasteiger partial charge in [0.2, 0.25) is 0 Å². The third-order valence-electron chi connectivity index (χ3n) is 2.98. The molecule has 20 heavy (non-hydrogen) atoms. The van der Waals surface area contributed by atoms with E-state index in [-0.39, 0.29) is 18.7 Å². The molecule has 2 aromatic rings. The van der Waals surface area contributed by atoms with Gasteiger partial charge in [-0.05, 0) is 17.7 Å². The largest absolute Gasteiger partial charge is 0.416 e. The van der Waals surface area contributed by atoms with Gasteiger partial charge in [0, 0.05) is 17.8 Å². The van der Waals surface area contributed by atoms with Gasteiger partial charge in [-0.1, -0.05) is 36.4 Å². The SMILES string of the molecule is OCc1ccccc1NCc1ccccc1C(F)(F)F. The summed E-state index contributed by atoms with van der Waals surface area (Å²) < 4.78 is 38.6. The van der Waals surface area contributed by atoms with Crippen LogP contribution in [-0.4, -0.2) is 5.11 Å². The molecule has 0 fully saturated rings. The Morgan fingerprint density at radius 3 is 2.15 bits per heavy atom. The highest BCUT2D eigenvalue weighted by molar-refractivity contribution is 5.51. The number of rotatable bonds is 4. The molecule has 0 heterocycles. The molecule has 0 aliphatic carbocycles. The highest BCUT2D eigenvalue weighted by atomic mass is 19.4. The van der Waals surface area contributed by atoms with E-state index in [1.54, 1.807) is 30.3 Å². The van der Waals surface area contributed by atoms with E-state index in [1.165, 1.54) is 12.1 Å². The van der Waals surface area contributed by atoms with Gasteiger partial charge in [-0.3, -0.25) is 0 Å². The van der Waals surface area contributed by atoms with Crippen LogP contribution in [0.2, 0.25) is 0 Å². The summed E-state index contributed by atoms with van der Waals surface area (Å²) in [5.74, 6) is 0. The lowest BCUT2D eigenvalue weighted by molar-refractivity contribution is -0.138. The maximum absolute atomic E-state index is 12.9. The zero-order chi connectivity index (χ0) is 14.6. The van der Waals surface area contributed by atoms with E-state index < -0.39 is 11.7 Å². The van der Waals surface area contributed by atoms with E-state index in [0.717, 1.165) is 6.07 Å². The Bertz CT molecular complexity index is 581. The van der Waals surface area contributed by atoms with E-state index in [2.05, 4.69) is 5.32 Å². The van der Waals surface area contributed by atoms with Crippen LogP contribution in [0.3, 0.4) is 0 Å². The van der Waals surface area contributed by atoms with Gasteiger partial charge in [-0.25, -0.2) is 0 Å². The fraction of sp³-hybridized carbons (Fsp3) is 0.200. The van der Waals surface area contributed by atoms with E-state index in [9.17, 15) is 18.3 Å². The van der Waals surface area contributed by atoms with Crippen molar-refractivity contribution >= 4 is 5.69 Å². The molecule has 0 spiro atoms. The highest BCUT2D eigenvalue weighted by Gasteiger charge is 2.32. The molecule has 0 amide bonds. The molecule has 0 atom stereocenters. The molecule has 2 aromatic carbocycles. The summed E-state index contributed by atoms with van der Waals surface area (Å²) in [5.41, 5.74) is 0.811. The van der Waals surface area contributed by atoms with Gasteiger partial charge >= 0.3 is 6.18 Å². The number of hydrogen-bond donors (Lipinski definition) is 2. The summed E-state index contributed by atoms with van der Waals surface area (Å²) in [7, 11) is 0. The number of alkyl halides is 3. The van der Waals surface area contributed by atoms with E-state index in [1.807, 2.05) is 0 Å². The van der Waals surface area contributed by atoms with Gasteiger partial charge in [-0.2, -0.15) is 13.2 Å². The van der Waals surface area contributed by atoms with Crippen molar-refractivity contribution in [2.75, 3.05) is 5.32 Å². The molecular formula is C15H14F3NO. The molecular weight excluding hydrogens is 267 g/mol. The third-order valence-corrected chi connectivity index (χ3v) is 2.98. The fourth-order valence-electron chi connectivity index (χ4n) is 1.97. The van der Waals surface area contributed by atoms with Gasteiger partial charge < -0.3 is 10.4 Å². The molecule has 0 bridgehead atoms. The minimum Gasteiger partial charge on any atom is -0.392 e. The molecule has 0 aromatic heterocycles. The van der Waals surface area contributed by atoms with Crippen LogP contribution in [0, 0.1) is 0 Å². The van der Waals surface area contributed by atoms with E-state index in [0.29, 0.717) is 11.3 Å². The van der Waals surface area contributed by atoms with Crippen molar-refractivity contribution in [3.05, 3.63) is 65.2 Å². The van der Waals surface area contributed by atoms with Gasteiger partial charge in [0.05, 0.1) is 12.2 Å². The normalized spacial score (nSPS) is 11.4. The van der Waals surface area contributed by atoms with Crippen LogP contribution in [0.4, 0.5) is 18.9 Å². The van der Waals surface area contributed by atoms with Crippen LogP contribution >= 0.6 is 0 Å². The van der Waals surface area contributed by atoms with Gasteiger partial charge in [0.15, 0.2) is 0 Å². The van der Waals surface area contributed by atoms with E-state index >= 15 is 0 Å². The van der Waals surface area contributed by atoms with Crippen LogP contribution < -0.4 is 5.32 Å². The molecule has 0 saturated heterocycles.